The Morgan fingerprint density at radius 2 is 1.89 bits per heavy atom. The van der Waals surface area contributed by atoms with Crippen LogP contribution in [0.2, 0.25) is 0 Å². The van der Waals surface area contributed by atoms with Crippen molar-refractivity contribution in [2.75, 3.05) is 40.6 Å². The summed E-state index contributed by atoms with van der Waals surface area (Å²) in [5, 5.41) is 32.4. The molecule has 0 amide bonds. The molecule has 12 heteroatoms. The van der Waals surface area contributed by atoms with Gasteiger partial charge in [-0.2, -0.15) is 0 Å². The Morgan fingerprint density at radius 3 is 2.60 bits per heavy atom. The average molecular weight is 651 g/mol. The minimum atomic E-state index is -1.37. The van der Waals surface area contributed by atoms with Crippen LogP contribution in [0.15, 0.2) is 66.5 Å². The van der Waals surface area contributed by atoms with Crippen molar-refractivity contribution in [1.82, 2.24) is 15.0 Å². The number of benzene rings is 1. The molecule has 254 valence electrons. The highest BCUT2D eigenvalue weighted by Crippen LogP contribution is 2.63. The third-order valence-electron chi connectivity index (χ3n) is 9.48. The Bertz CT molecular complexity index is 1470. The van der Waals surface area contributed by atoms with Crippen molar-refractivity contribution in [3.63, 3.8) is 0 Å². The number of oxime groups is 1. The Labute approximate surface area is 275 Å². The number of allylic oxidation sites excluding steroid dienone is 1. The van der Waals surface area contributed by atoms with Crippen LogP contribution in [0.5, 0.6) is 11.5 Å². The van der Waals surface area contributed by atoms with Gasteiger partial charge in [-0.25, -0.2) is 9.48 Å². The van der Waals surface area contributed by atoms with E-state index in [1.807, 2.05) is 18.2 Å². The molecule has 0 spiro atoms. The normalized spacial score (nSPS) is 26.8. The summed E-state index contributed by atoms with van der Waals surface area (Å²) in [6.45, 7) is 8.48. The van der Waals surface area contributed by atoms with Crippen molar-refractivity contribution >= 4 is 11.7 Å². The summed E-state index contributed by atoms with van der Waals surface area (Å²) in [6, 6.07) is 5.12. The molecule has 1 saturated carbocycles. The van der Waals surface area contributed by atoms with Gasteiger partial charge in [0.25, 0.3) is 0 Å². The van der Waals surface area contributed by atoms with Crippen LogP contribution in [-0.2, 0) is 14.3 Å². The van der Waals surface area contributed by atoms with Crippen LogP contribution >= 0.6 is 0 Å². The van der Waals surface area contributed by atoms with Gasteiger partial charge >= 0.3 is 5.97 Å². The van der Waals surface area contributed by atoms with E-state index in [0.29, 0.717) is 36.7 Å². The minimum Gasteiger partial charge on any atom is -0.490 e. The maximum Gasteiger partial charge on any atom is 0.358 e. The topological polar surface area (TPSA) is 147 Å². The van der Waals surface area contributed by atoms with Gasteiger partial charge < -0.3 is 34.0 Å². The number of nitrogens with zero attached hydrogens (tertiary/aromatic N) is 4. The first-order chi connectivity index (χ1) is 23.0. The summed E-state index contributed by atoms with van der Waals surface area (Å²) in [4.78, 5) is 18.4. The molecule has 2 aromatic rings. The smallest absolute Gasteiger partial charge is 0.358 e. The van der Waals surface area contributed by atoms with Crippen LogP contribution < -0.4 is 9.47 Å². The molecular weight excluding hydrogens is 604 g/mol. The SMILES string of the molecule is C=CCOc1ccc2c(c1)C1C(CCCCO)C(CCCCO)C=C3C(=NOC)CC(n4nncc4C(=O)OC)C(OCC=C)(O2)C31. The first-order valence-corrected chi connectivity index (χ1v) is 16.3. The molecule has 12 nitrogen and oxygen atoms in total. The predicted octanol–water partition coefficient (Wildman–Crippen LogP) is 4.77. The highest BCUT2D eigenvalue weighted by Gasteiger charge is 2.65. The highest BCUT2D eigenvalue weighted by molar-refractivity contribution is 6.02. The molecule has 5 rings (SSSR count). The minimum absolute atomic E-state index is 0.108. The first kappa shape index (κ1) is 34.3. The van der Waals surface area contributed by atoms with E-state index < -0.39 is 23.7 Å². The van der Waals surface area contributed by atoms with Gasteiger partial charge in [0.05, 0.1) is 31.5 Å². The number of aliphatic hydroxyl groups is 2. The lowest BCUT2D eigenvalue weighted by atomic mass is 9.55. The van der Waals surface area contributed by atoms with Gasteiger partial charge in [-0.3, -0.25) is 0 Å². The van der Waals surface area contributed by atoms with Crippen LogP contribution in [-0.4, -0.2) is 83.3 Å². The van der Waals surface area contributed by atoms with Gasteiger partial charge in [0.15, 0.2) is 5.69 Å². The van der Waals surface area contributed by atoms with Crippen molar-refractivity contribution in [2.24, 2.45) is 22.9 Å². The number of ether oxygens (including phenoxy) is 4. The van der Waals surface area contributed by atoms with Gasteiger partial charge in [0.2, 0.25) is 5.79 Å². The summed E-state index contributed by atoms with van der Waals surface area (Å²) in [7, 11) is 2.83. The molecule has 6 unspecified atom stereocenters. The molecule has 2 heterocycles. The number of rotatable bonds is 17. The molecule has 1 aromatic carbocycles. The zero-order chi connectivity index (χ0) is 33.4. The van der Waals surface area contributed by atoms with Gasteiger partial charge in [0, 0.05) is 31.1 Å². The van der Waals surface area contributed by atoms with Gasteiger partial charge in [-0.15, -0.1) is 11.7 Å². The quantitative estimate of drug-likeness (QED) is 0.106. The van der Waals surface area contributed by atoms with Crippen LogP contribution in [0.4, 0.5) is 0 Å². The van der Waals surface area contributed by atoms with Gasteiger partial charge in [0.1, 0.15) is 31.3 Å². The van der Waals surface area contributed by atoms with E-state index in [1.165, 1.54) is 25.1 Å². The molecule has 0 saturated heterocycles. The van der Waals surface area contributed by atoms with Crippen molar-refractivity contribution in [3.8, 4) is 11.5 Å². The predicted molar refractivity (Wildman–Crippen MR) is 174 cm³/mol. The molecule has 1 aliphatic heterocycles. The summed E-state index contributed by atoms with van der Waals surface area (Å²) in [5.41, 5.74) is 2.78. The molecule has 1 fully saturated rings. The molecule has 0 radical (unpaired) electrons. The molecule has 6 atom stereocenters. The zero-order valence-corrected chi connectivity index (χ0v) is 27.3. The number of hydrogen-bond donors (Lipinski definition) is 2. The van der Waals surface area contributed by atoms with Crippen LogP contribution in [0.25, 0.3) is 0 Å². The summed E-state index contributed by atoms with van der Waals surface area (Å²) in [5.74, 6) is -0.952. The number of hydrogen-bond acceptors (Lipinski definition) is 11. The monoisotopic (exact) mass is 650 g/mol. The third kappa shape index (κ3) is 6.72. The Kier molecular flexibility index (Phi) is 11.5. The second kappa shape index (κ2) is 15.7. The van der Waals surface area contributed by atoms with Gasteiger partial charge in [-0.05, 0) is 61.3 Å². The second-order valence-corrected chi connectivity index (χ2v) is 12.1. The standard InChI is InChI=1S/C35H46N4O8/c1-5-17-45-24-13-14-30-27(20-24)32-25(12-8-10-16-41)23(11-7-9-15-40)19-26-28(37-44-4)21-31(35(47-30,33(26)32)46-18-6-2)39-29(22-36-38-39)34(42)43-3/h5-6,13-14,19-20,22-23,25,31-33,40-41H,1-2,7-12,15-18,21H2,3-4H3. The number of carbonyl (C=O) groups excluding carboxylic acids is 1. The number of methoxy groups -OCH3 is 1. The van der Waals surface area contributed by atoms with Crippen molar-refractivity contribution in [3.05, 3.63) is 72.6 Å². The maximum absolute atomic E-state index is 13.0. The summed E-state index contributed by atoms with van der Waals surface area (Å²) in [6.07, 6.45) is 12.1. The fourth-order valence-corrected chi connectivity index (χ4v) is 7.66. The number of aliphatic hydroxyl groups excluding tert-OH is 2. The third-order valence-corrected chi connectivity index (χ3v) is 9.48. The van der Waals surface area contributed by atoms with Crippen LogP contribution in [0.3, 0.4) is 0 Å². The number of unbranched alkanes of at least 4 members (excludes halogenated alkanes) is 2. The molecule has 47 heavy (non-hydrogen) atoms. The lowest BCUT2D eigenvalue weighted by Gasteiger charge is -2.58. The van der Waals surface area contributed by atoms with Gasteiger partial charge in [-0.1, -0.05) is 48.0 Å². The molecule has 1 aromatic heterocycles. The molecule has 3 aliphatic rings. The zero-order valence-electron chi connectivity index (χ0n) is 27.3. The fraction of sp³-hybridized carbons (Fsp3) is 0.543. The molecule has 0 bridgehead atoms. The van der Waals surface area contributed by atoms with E-state index in [-0.39, 0.29) is 49.7 Å². The number of esters is 1. The lowest BCUT2D eigenvalue weighted by Crippen LogP contribution is -2.63. The lowest BCUT2D eigenvalue weighted by molar-refractivity contribution is -0.252. The maximum atomic E-state index is 13.0. The van der Waals surface area contributed by atoms with E-state index in [0.717, 1.165) is 36.8 Å². The summed E-state index contributed by atoms with van der Waals surface area (Å²) >= 11 is 0. The Morgan fingerprint density at radius 1 is 1.13 bits per heavy atom. The summed E-state index contributed by atoms with van der Waals surface area (Å²) < 4.78 is 26.5. The average Bonchev–Trinajstić information content (AvgIpc) is 3.58. The number of fused-ring (bicyclic) bond motifs is 2. The molecule has 2 N–H and O–H groups in total. The largest absolute Gasteiger partial charge is 0.490 e. The van der Waals surface area contributed by atoms with E-state index in [9.17, 15) is 15.0 Å². The van der Waals surface area contributed by atoms with Crippen LogP contribution in [0.1, 0.15) is 73.0 Å². The highest BCUT2D eigenvalue weighted by atomic mass is 16.7. The Hall–Kier alpha value is -4.00. The number of aromatic nitrogens is 3. The first-order valence-electron chi connectivity index (χ1n) is 16.3. The Balaban J connectivity index is 1.79. The number of carbonyl (C=O) groups is 1. The molecular formula is C35H46N4O8. The van der Waals surface area contributed by atoms with E-state index in [1.54, 1.807) is 12.2 Å². The van der Waals surface area contributed by atoms with Crippen LogP contribution in [0, 0.1) is 17.8 Å². The van der Waals surface area contributed by atoms with E-state index in [2.05, 4.69) is 34.7 Å². The van der Waals surface area contributed by atoms with Crippen molar-refractivity contribution < 1.29 is 38.8 Å². The van der Waals surface area contributed by atoms with Crippen molar-refractivity contribution in [1.29, 1.82) is 0 Å². The fourth-order valence-electron chi connectivity index (χ4n) is 7.66. The molecule has 2 aliphatic carbocycles. The van der Waals surface area contributed by atoms with E-state index in [4.69, 9.17) is 23.8 Å². The second-order valence-electron chi connectivity index (χ2n) is 12.1. The van der Waals surface area contributed by atoms with Crippen molar-refractivity contribution in [2.45, 2.75) is 62.7 Å². The van der Waals surface area contributed by atoms with E-state index >= 15 is 0 Å².